The molecule has 4 aromatic rings. The van der Waals surface area contributed by atoms with Crippen LogP contribution in [0.5, 0.6) is 0 Å². The Morgan fingerprint density at radius 3 is 2.62 bits per heavy atom. The number of benzene rings is 1. The maximum Gasteiger partial charge on any atom is 0.410 e. The van der Waals surface area contributed by atoms with Crippen molar-refractivity contribution in [1.82, 2.24) is 24.8 Å². The SMILES string of the molecule is CN(C)C(=O)c1ccc(-c2c[nH]c3ncc(-c4cc5c(c(C6CCCN6C(=O)OC(C)(C)C)c4)COCC5)cc23)cn1. The van der Waals surface area contributed by atoms with Crippen LogP contribution in [-0.4, -0.2) is 69.6 Å². The van der Waals surface area contributed by atoms with Crippen molar-refractivity contribution in [2.24, 2.45) is 0 Å². The lowest BCUT2D eigenvalue weighted by Crippen LogP contribution is -2.36. The Labute approximate surface area is 245 Å². The summed E-state index contributed by atoms with van der Waals surface area (Å²) in [6, 6.07) is 10.2. The molecule has 0 aliphatic carbocycles. The van der Waals surface area contributed by atoms with Crippen LogP contribution in [0.2, 0.25) is 0 Å². The van der Waals surface area contributed by atoms with E-state index in [0.29, 0.717) is 25.5 Å². The molecular weight excluding hydrogens is 530 g/mol. The summed E-state index contributed by atoms with van der Waals surface area (Å²) in [7, 11) is 3.43. The molecule has 1 unspecified atom stereocenters. The number of H-pyrrole nitrogens is 1. The van der Waals surface area contributed by atoms with Crippen LogP contribution in [0.1, 0.15) is 66.8 Å². The van der Waals surface area contributed by atoms with E-state index in [9.17, 15) is 9.59 Å². The lowest BCUT2D eigenvalue weighted by molar-refractivity contribution is 0.0221. The standard InChI is InChI=1S/C33H37N5O4/c1-33(2,3)42-32(40)38-11-6-7-29(38)24-14-22(13-20-10-12-41-19-27(20)24)23-15-25-26(18-36-30(25)35-17-23)21-8-9-28(34-16-21)31(39)37(4)5/h8-9,13-18,29H,6-7,10-12,19H2,1-5H3,(H,35,36). The Kier molecular flexibility index (Phi) is 7.22. The Balaban J connectivity index is 1.39. The third-order valence-electron chi connectivity index (χ3n) is 7.94. The summed E-state index contributed by atoms with van der Waals surface area (Å²) < 4.78 is 11.7. The summed E-state index contributed by atoms with van der Waals surface area (Å²) in [5.41, 5.74) is 8.12. The van der Waals surface area contributed by atoms with E-state index in [-0.39, 0.29) is 18.0 Å². The van der Waals surface area contributed by atoms with Gasteiger partial charge in [0.25, 0.3) is 5.91 Å². The van der Waals surface area contributed by atoms with Crippen LogP contribution >= 0.6 is 0 Å². The Bertz CT molecular complexity index is 1650. The van der Waals surface area contributed by atoms with Gasteiger partial charge in [0, 0.05) is 61.3 Å². The molecule has 1 aromatic carbocycles. The molecule has 6 rings (SSSR count). The minimum absolute atomic E-state index is 0.0655. The number of aromatic nitrogens is 3. The van der Waals surface area contributed by atoms with E-state index >= 15 is 0 Å². The first-order valence-electron chi connectivity index (χ1n) is 14.5. The lowest BCUT2D eigenvalue weighted by Gasteiger charge is -2.31. The second-order valence-corrected chi connectivity index (χ2v) is 12.3. The highest BCUT2D eigenvalue weighted by Crippen LogP contribution is 2.40. The van der Waals surface area contributed by atoms with Crippen molar-refractivity contribution in [1.29, 1.82) is 0 Å². The zero-order valence-corrected chi connectivity index (χ0v) is 24.9. The zero-order valence-electron chi connectivity index (χ0n) is 24.9. The first-order valence-corrected chi connectivity index (χ1v) is 14.5. The first kappa shape index (κ1) is 27.9. The molecule has 2 aliphatic rings. The quantitative estimate of drug-likeness (QED) is 0.318. The lowest BCUT2D eigenvalue weighted by atomic mass is 9.88. The second-order valence-electron chi connectivity index (χ2n) is 12.3. The van der Waals surface area contributed by atoms with E-state index in [4.69, 9.17) is 14.5 Å². The highest BCUT2D eigenvalue weighted by atomic mass is 16.6. The number of fused-ring (bicyclic) bond motifs is 2. The number of rotatable bonds is 4. The van der Waals surface area contributed by atoms with Gasteiger partial charge in [-0.2, -0.15) is 0 Å². The molecule has 5 heterocycles. The van der Waals surface area contributed by atoms with E-state index in [2.05, 4.69) is 28.2 Å². The van der Waals surface area contributed by atoms with Crippen LogP contribution in [-0.2, 0) is 22.5 Å². The number of pyridine rings is 2. The molecule has 9 nitrogen and oxygen atoms in total. The number of ether oxygens (including phenoxy) is 2. The van der Waals surface area contributed by atoms with Crippen LogP contribution in [0.25, 0.3) is 33.3 Å². The number of carbonyl (C=O) groups is 2. The van der Waals surface area contributed by atoms with Gasteiger partial charge in [-0.1, -0.05) is 12.1 Å². The zero-order chi connectivity index (χ0) is 29.6. The normalized spacial score (nSPS) is 16.9. The molecule has 0 spiro atoms. The summed E-state index contributed by atoms with van der Waals surface area (Å²) in [4.78, 5) is 41.3. The van der Waals surface area contributed by atoms with E-state index in [1.54, 1.807) is 26.4 Å². The topological polar surface area (TPSA) is 101 Å². The van der Waals surface area contributed by atoms with E-state index < -0.39 is 5.60 Å². The summed E-state index contributed by atoms with van der Waals surface area (Å²) in [5, 5.41) is 0.972. The van der Waals surface area contributed by atoms with E-state index in [0.717, 1.165) is 58.1 Å². The van der Waals surface area contributed by atoms with Crippen molar-refractivity contribution in [3.8, 4) is 22.3 Å². The molecule has 2 aliphatic heterocycles. The molecule has 42 heavy (non-hydrogen) atoms. The second kappa shape index (κ2) is 10.9. The fourth-order valence-corrected chi connectivity index (χ4v) is 5.91. The molecule has 218 valence electrons. The maximum atomic E-state index is 13.2. The van der Waals surface area contributed by atoms with Gasteiger partial charge in [-0.3, -0.25) is 9.78 Å². The van der Waals surface area contributed by atoms with Crippen molar-refractivity contribution < 1.29 is 19.1 Å². The Morgan fingerprint density at radius 1 is 1.07 bits per heavy atom. The van der Waals surface area contributed by atoms with Crippen molar-refractivity contribution in [3.05, 3.63) is 71.3 Å². The van der Waals surface area contributed by atoms with Crippen molar-refractivity contribution in [2.45, 2.75) is 58.3 Å². The largest absolute Gasteiger partial charge is 0.444 e. The third kappa shape index (κ3) is 5.36. The number of carbonyl (C=O) groups excluding carboxylic acids is 2. The Morgan fingerprint density at radius 2 is 1.88 bits per heavy atom. The predicted octanol–water partition coefficient (Wildman–Crippen LogP) is 6.14. The van der Waals surface area contributed by atoms with Gasteiger partial charge in [0.1, 0.15) is 16.9 Å². The van der Waals surface area contributed by atoms with E-state index in [1.165, 1.54) is 16.0 Å². The minimum Gasteiger partial charge on any atom is -0.444 e. The summed E-state index contributed by atoms with van der Waals surface area (Å²) in [6.45, 7) is 7.60. The number of hydrogen-bond acceptors (Lipinski definition) is 6. The smallest absolute Gasteiger partial charge is 0.410 e. The van der Waals surface area contributed by atoms with Crippen LogP contribution in [0.3, 0.4) is 0 Å². The van der Waals surface area contributed by atoms with Gasteiger partial charge in [-0.25, -0.2) is 9.78 Å². The number of amides is 2. The Hall–Kier alpha value is -4.24. The van der Waals surface area contributed by atoms with Gasteiger partial charge >= 0.3 is 6.09 Å². The highest BCUT2D eigenvalue weighted by Gasteiger charge is 2.35. The van der Waals surface area contributed by atoms with Gasteiger partial charge in [0.15, 0.2) is 0 Å². The van der Waals surface area contributed by atoms with Gasteiger partial charge in [0.05, 0.1) is 19.3 Å². The fraction of sp³-hybridized carbons (Fsp3) is 0.394. The maximum absolute atomic E-state index is 13.2. The average molecular weight is 568 g/mol. The number of aromatic amines is 1. The van der Waals surface area contributed by atoms with Gasteiger partial charge < -0.3 is 24.3 Å². The minimum atomic E-state index is -0.554. The van der Waals surface area contributed by atoms with Crippen molar-refractivity contribution >= 4 is 23.0 Å². The van der Waals surface area contributed by atoms with Gasteiger partial charge in [-0.05, 0) is 80.5 Å². The summed E-state index contributed by atoms with van der Waals surface area (Å²) in [6.07, 6.45) is 7.92. The number of nitrogens with zero attached hydrogens (tertiary/aromatic N) is 4. The monoisotopic (exact) mass is 567 g/mol. The third-order valence-corrected chi connectivity index (χ3v) is 7.94. The van der Waals surface area contributed by atoms with Crippen LogP contribution in [0.15, 0.2) is 48.9 Å². The van der Waals surface area contributed by atoms with Crippen molar-refractivity contribution in [3.63, 3.8) is 0 Å². The first-order chi connectivity index (χ1) is 20.1. The van der Waals surface area contributed by atoms with Crippen molar-refractivity contribution in [2.75, 3.05) is 27.2 Å². The summed E-state index contributed by atoms with van der Waals surface area (Å²) in [5.74, 6) is -0.134. The van der Waals surface area contributed by atoms with E-state index in [1.807, 2.05) is 44.1 Å². The van der Waals surface area contributed by atoms with Crippen LogP contribution < -0.4 is 0 Å². The van der Waals surface area contributed by atoms with Gasteiger partial charge in [-0.15, -0.1) is 0 Å². The number of hydrogen-bond donors (Lipinski definition) is 1. The van der Waals surface area contributed by atoms with Crippen LogP contribution in [0, 0.1) is 0 Å². The molecule has 1 saturated heterocycles. The molecule has 1 atom stereocenters. The average Bonchev–Trinajstić information content (AvgIpc) is 3.63. The molecule has 2 amide bonds. The molecule has 0 radical (unpaired) electrons. The summed E-state index contributed by atoms with van der Waals surface area (Å²) >= 11 is 0. The van der Waals surface area contributed by atoms with Gasteiger partial charge in [0.2, 0.25) is 0 Å². The predicted molar refractivity (Wildman–Crippen MR) is 161 cm³/mol. The molecule has 0 bridgehead atoms. The molecule has 0 saturated carbocycles. The number of nitrogens with one attached hydrogen (secondary N) is 1. The molecule has 1 N–H and O–H groups in total. The fourth-order valence-electron chi connectivity index (χ4n) is 5.91. The van der Waals surface area contributed by atoms with Crippen LogP contribution in [0.4, 0.5) is 4.79 Å². The highest BCUT2D eigenvalue weighted by molar-refractivity contribution is 5.97. The molecule has 9 heteroatoms. The molecule has 3 aromatic heterocycles. The molecule has 1 fully saturated rings. The number of likely N-dealkylation sites (tertiary alicyclic amines) is 1. The molecular formula is C33H37N5O4.